The Hall–Kier alpha value is -2.08. The number of halogens is 1. The van der Waals surface area contributed by atoms with Gasteiger partial charge in [-0.05, 0) is 91.0 Å². The van der Waals surface area contributed by atoms with Crippen molar-refractivity contribution in [1.29, 1.82) is 0 Å². The number of hydrogen-bond acceptors (Lipinski definition) is 10. The number of rotatable bonds is 13. The minimum Gasteiger partial charge on any atom is -0.464 e. The molecule has 12 nitrogen and oxygen atoms in total. The van der Waals surface area contributed by atoms with Crippen molar-refractivity contribution < 1.29 is 37.6 Å². The lowest BCUT2D eigenvalue weighted by Gasteiger charge is -2.31. The molecule has 1 saturated heterocycles. The van der Waals surface area contributed by atoms with Crippen LogP contribution in [0.25, 0.3) is 5.52 Å². The minimum absolute atomic E-state index is 0.0156. The van der Waals surface area contributed by atoms with Gasteiger partial charge in [-0.2, -0.15) is 4.98 Å². The van der Waals surface area contributed by atoms with Gasteiger partial charge in [-0.1, -0.05) is 12.8 Å². The summed E-state index contributed by atoms with van der Waals surface area (Å²) in [6.45, 7) is 12.1. The quantitative estimate of drug-likeness (QED) is 0.175. The highest BCUT2D eigenvalue weighted by molar-refractivity contribution is 7.49. The number of aromatic nitrogens is 3. The van der Waals surface area contributed by atoms with E-state index in [-0.39, 0.29) is 36.7 Å². The predicted octanol–water partition coefficient (Wildman–Crippen LogP) is 6.58. The van der Waals surface area contributed by atoms with Gasteiger partial charge < -0.3 is 28.0 Å². The van der Waals surface area contributed by atoms with Gasteiger partial charge in [-0.25, -0.2) is 14.1 Å². The molecule has 0 bridgehead atoms. The fourth-order valence-corrected chi connectivity index (χ4v) is 6.84. The van der Waals surface area contributed by atoms with E-state index in [0.717, 1.165) is 31.4 Å². The molecule has 2 aliphatic rings. The number of nitrogens with zero attached hydrogens (tertiary/aromatic N) is 4. The molecule has 1 aliphatic carbocycles. The first kappa shape index (κ1) is 33.8. The van der Waals surface area contributed by atoms with Crippen LogP contribution in [0, 0.1) is 0 Å². The monoisotopic (exact) mass is 642 g/mol. The second kappa shape index (κ2) is 15.3. The number of fused-ring (bicyclic) bond motifs is 1. The predicted molar refractivity (Wildman–Crippen MR) is 162 cm³/mol. The second-order valence-corrected chi connectivity index (χ2v) is 13.3. The summed E-state index contributed by atoms with van der Waals surface area (Å²) < 4.78 is 36.5. The fourth-order valence-electron chi connectivity index (χ4n) is 5.38. The number of carbonyl (C=O) groups is 2. The van der Waals surface area contributed by atoms with Crippen LogP contribution in [0.4, 0.5) is 10.6 Å². The molecule has 0 aromatic carbocycles. The number of hydrogen-bond donors (Lipinski definition) is 0. The van der Waals surface area contributed by atoms with Gasteiger partial charge in [0.2, 0.25) is 19.5 Å². The van der Waals surface area contributed by atoms with Crippen molar-refractivity contribution in [3.63, 3.8) is 0 Å². The molecule has 4 rings (SSSR count). The Morgan fingerprint density at radius 1 is 1.09 bits per heavy atom. The van der Waals surface area contributed by atoms with Gasteiger partial charge in [0.15, 0.2) is 5.82 Å². The van der Waals surface area contributed by atoms with Gasteiger partial charge >= 0.3 is 12.1 Å². The van der Waals surface area contributed by atoms with Gasteiger partial charge in [0, 0.05) is 6.04 Å². The van der Waals surface area contributed by atoms with E-state index in [2.05, 4.69) is 10.1 Å². The highest BCUT2D eigenvalue weighted by Crippen LogP contribution is 2.45. The summed E-state index contributed by atoms with van der Waals surface area (Å²) in [5.74, 6) is -1.07. The molecule has 14 heteroatoms. The van der Waals surface area contributed by atoms with Gasteiger partial charge in [0.05, 0.1) is 38.2 Å². The maximum atomic E-state index is 13.5. The van der Waals surface area contributed by atoms with Crippen molar-refractivity contribution in [2.75, 3.05) is 31.3 Å². The maximum Gasteiger partial charge on any atom is 0.416 e. The van der Waals surface area contributed by atoms with E-state index in [0.29, 0.717) is 37.4 Å². The molecule has 3 atom stereocenters. The Kier molecular flexibility index (Phi) is 12.0. The molecule has 1 amide bonds. The van der Waals surface area contributed by atoms with Crippen LogP contribution in [-0.2, 0) is 32.8 Å². The molecule has 43 heavy (non-hydrogen) atoms. The summed E-state index contributed by atoms with van der Waals surface area (Å²) in [7, 11) is -1.63. The molecule has 1 aliphatic heterocycles. The van der Waals surface area contributed by atoms with E-state index in [1.54, 1.807) is 16.3 Å². The van der Waals surface area contributed by atoms with Crippen LogP contribution >= 0.6 is 20.0 Å². The Labute approximate surface area is 259 Å². The van der Waals surface area contributed by atoms with Crippen LogP contribution in [0.3, 0.4) is 0 Å². The maximum absolute atomic E-state index is 13.5. The van der Waals surface area contributed by atoms with Crippen molar-refractivity contribution in [3.8, 4) is 0 Å². The number of ether oxygens (including phenoxy) is 4. The van der Waals surface area contributed by atoms with Gasteiger partial charge in [0.25, 0.3) is 0 Å². The lowest BCUT2D eigenvalue weighted by atomic mass is 10.1. The standard InChI is InChI=1S/C29H44ClN4O8P/c1-7-37-25(35)26(43(39-8-2)40-9-3)38-18-20-14-17-23(41-20)21-15-16-22-24(31-27(30)32-34(21)22)33(19-12-10-11-13-19)28(36)42-29(4,5)6/h15-16,19-20,23,26H,7-14,17-18H2,1-6H3/t20?,23-,26?/m0/s1. The van der Waals surface area contributed by atoms with Gasteiger partial charge in [0.1, 0.15) is 17.2 Å². The van der Waals surface area contributed by atoms with Gasteiger partial charge in [-0.3, -0.25) is 4.90 Å². The van der Waals surface area contributed by atoms with Crippen LogP contribution in [0.5, 0.6) is 0 Å². The van der Waals surface area contributed by atoms with Crippen LogP contribution in [-0.4, -0.2) is 76.7 Å². The number of amides is 1. The van der Waals surface area contributed by atoms with Crippen LogP contribution in [0.15, 0.2) is 12.1 Å². The molecule has 3 heterocycles. The third-order valence-corrected chi connectivity index (χ3v) is 9.00. The number of esters is 1. The van der Waals surface area contributed by atoms with Crippen molar-refractivity contribution in [2.45, 2.75) is 110 Å². The highest BCUT2D eigenvalue weighted by atomic mass is 35.5. The topological polar surface area (TPSA) is 123 Å². The number of anilines is 1. The molecule has 0 spiro atoms. The summed E-state index contributed by atoms with van der Waals surface area (Å²) in [5, 5.41) is 4.50. The number of carbonyl (C=O) groups excluding carboxylic acids is 2. The zero-order valence-corrected chi connectivity index (χ0v) is 27.6. The molecular formula is C29H44ClN4O8P. The lowest BCUT2D eigenvalue weighted by molar-refractivity contribution is -0.153. The largest absolute Gasteiger partial charge is 0.464 e. The van der Waals surface area contributed by atoms with Crippen molar-refractivity contribution in [1.82, 2.24) is 14.6 Å². The van der Waals surface area contributed by atoms with Crippen molar-refractivity contribution in [2.24, 2.45) is 0 Å². The molecule has 2 fully saturated rings. The first-order valence-corrected chi connectivity index (χ1v) is 16.7. The smallest absolute Gasteiger partial charge is 0.416 e. The molecule has 240 valence electrons. The third kappa shape index (κ3) is 8.55. The molecule has 0 N–H and O–H groups in total. The van der Waals surface area contributed by atoms with Crippen molar-refractivity contribution >= 4 is 43.4 Å². The highest BCUT2D eigenvalue weighted by Gasteiger charge is 2.38. The average molecular weight is 643 g/mol. The van der Waals surface area contributed by atoms with E-state index in [9.17, 15) is 9.59 Å². The summed E-state index contributed by atoms with van der Waals surface area (Å²) in [4.78, 5) is 32.3. The zero-order valence-electron chi connectivity index (χ0n) is 25.9. The molecule has 1 saturated carbocycles. The Balaban J connectivity index is 1.54. The van der Waals surface area contributed by atoms with E-state index in [1.807, 2.05) is 46.8 Å². The van der Waals surface area contributed by atoms with E-state index in [4.69, 9.17) is 39.6 Å². The zero-order chi connectivity index (χ0) is 31.1. The fraction of sp³-hybridized carbons (Fsp3) is 0.724. The summed E-state index contributed by atoms with van der Waals surface area (Å²) in [5.41, 5.74) is 0.759. The molecule has 2 unspecified atom stereocenters. The van der Waals surface area contributed by atoms with E-state index in [1.165, 1.54) is 0 Å². The van der Waals surface area contributed by atoms with Crippen LogP contribution in [0.2, 0.25) is 5.28 Å². The Morgan fingerprint density at radius 3 is 2.42 bits per heavy atom. The van der Waals surface area contributed by atoms with E-state index >= 15 is 0 Å². The molecular weight excluding hydrogens is 599 g/mol. The summed E-state index contributed by atoms with van der Waals surface area (Å²) in [6, 6.07) is 3.76. The van der Waals surface area contributed by atoms with Gasteiger partial charge in [-0.15, -0.1) is 5.10 Å². The molecule has 2 aromatic heterocycles. The summed E-state index contributed by atoms with van der Waals surface area (Å²) in [6.07, 6.45) is 4.13. The van der Waals surface area contributed by atoms with Crippen LogP contribution in [0.1, 0.15) is 91.9 Å². The summed E-state index contributed by atoms with van der Waals surface area (Å²) >= 11 is 6.45. The molecule has 0 radical (unpaired) electrons. The lowest BCUT2D eigenvalue weighted by Crippen LogP contribution is -2.43. The first-order chi connectivity index (χ1) is 20.6. The van der Waals surface area contributed by atoms with Crippen LogP contribution < -0.4 is 4.90 Å². The minimum atomic E-state index is -1.63. The first-order valence-electron chi connectivity index (χ1n) is 15.1. The SMILES string of the molecule is CCOC(=O)C(OCC1CC[C@@H](c2ccc3c(N(C(=O)OC(C)(C)C)C4CCCC4)nc(Cl)nn23)O1)P(OCC)OCC. The second-order valence-electron chi connectivity index (χ2n) is 11.4. The Morgan fingerprint density at radius 2 is 1.79 bits per heavy atom. The average Bonchev–Trinajstić information content (AvgIpc) is 3.70. The Bertz CT molecular complexity index is 1230. The normalized spacial score (nSPS) is 20.2. The third-order valence-electron chi connectivity index (χ3n) is 7.07. The van der Waals surface area contributed by atoms with E-state index < -0.39 is 31.9 Å². The van der Waals surface area contributed by atoms with Crippen molar-refractivity contribution in [3.05, 3.63) is 23.1 Å². The molecule has 2 aromatic rings.